The second-order valence-corrected chi connectivity index (χ2v) is 6.79. The highest BCUT2D eigenvalue weighted by atomic mass is 32.1. The molecule has 0 aromatic carbocycles. The van der Waals surface area contributed by atoms with Crippen LogP contribution in [0.3, 0.4) is 0 Å². The van der Waals surface area contributed by atoms with Gasteiger partial charge in [-0.05, 0) is 13.8 Å². The third kappa shape index (κ3) is 2.55. The molecule has 0 unspecified atom stereocenters. The molecule has 3 heterocycles. The van der Waals surface area contributed by atoms with Crippen LogP contribution in [0.25, 0.3) is 0 Å². The van der Waals surface area contributed by atoms with E-state index in [1.165, 1.54) is 4.88 Å². The van der Waals surface area contributed by atoms with E-state index in [1.54, 1.807) is 11.3 Å². The maximum atomic E-state index is 12.2. The van der Waals surface area contributed by atoms with Crippen molar-refractivity contribution < 1.29 is 4.79 Å². The summed E-state index contributed by atoms with van der Waals surface area (Å²) < 4.78 is 1.89. The minimum absolute atomic E-state index is 0.0362. The average Bonchev–Trinajstić information content (AvgIpc) is 3.14. The lowest BCUT2D eigenvalue weighted by molar-refractivity contribution is -0.127. The number of aryl methyl sites for hydroxylation is 2. The van der Waals surface area contributed by atoms with Crippen LogP contribution in [0.4, 0.5) is 0 Å². The van der Waals surface area contributed by atoms with E-state index in [9.17, 15) is 4.79 Å². The molecule has 6 nitrogen and oxygen atoms in total. The van der Waals surface area contributed by atoms with Crippen molar-refractivity contribution in [2.75, 3.05) is 7.05 Å². The number of hydrogen-bond donors (Lipinski definition) is 1. The van der Waals surface area contributed by atoms with Crippen LogP contribution in [0.2, 0.25) is 0 Å². The van der Waals surface area contributed by atoms with E-state index in [0.717, 1.165) is 23.5 Å². The molecule has 2 aromatic heterocycles. The fourth-order valence-electron chi connectivity index (χ4n) is 3.23. The Labute approximate surface area is 134 Å². The SMILES string of the molecule is Cc1nn(C)c(C)c1[C@H]1[C@H](NCc2cncs2)CC(=O)N1C. The van der Waals surface area contributed by atoms with E-state index in [0.29, 0.717) is 6.42 Å². The van der Waals surface area contributed by atoms with Crippen molar-refractivity contribution in [2.45, 2.75) is 38.9 Å². The van der Waals surface area contributed by atoms with Crippen LogP contribution < -0.4 is 5.32 Å². The molecule has 2 aromatic rings. The number of nitrogens with one attached hydrogen (secondary N) is 1. The number of likely N-dealkylation sites (tertiary alicyclic amines) is 1. The van der Waals surface area contributed by atoms with Gasteiger partial charge in [-0.1, -0.05) is 0 Å². The van der Waals surface area contributed by atoms with Crippen LogP contribution >= 0.6 is 11.3 Å². The topological polar surface area (TPSA) is 63.1 Å². The molecule has 22 heavy (non-hydrogen) atoms. The standard InChI is InChI=1S/C15H21N5OS/c1-9-14(10(2)20(4)18-9)15-12(5-13(21)19(15)3)17-7-11-6-16-8-22-11/h6,8,12,15,17H,5,7H2,1-4H3/t12-,15-/m1/s1. The van der Waals surface area contributed by atoms with Crippen LogP contribution in [0.5, 0.6) is 0 Å². The summed E-state index contributed by atoms with van der Waals surface area (Å²) in [7, 11) is 3.83. The van der Waals surface area contributed by atoms with Gasteiger partial charge in [0.2, 0.25) is 5.91 Å². The van der Waals surface area contributed by atoms with E-state index >= 15 is 0 Å². The molecule has 0 saturated carbocycles. The summed E-state index contributed by atoms with van der Waals surface area (Å²) in [5, 5.41) is 8.03. The highest BCUT2D eigenvalue weighted by Gasteiger charge is 2.40. The molecule has 118 valence electrons. The van der Waals surface area contributed by atoms with Crippen molar-refractivity contribution in [3.63, 3.8) is 0 Å². The van der Waals surface area contributed by atoms with Crippen LogP contribution in [0, 0.1) is 13.8 Å². The molecule has 1 fully saturated rings. The Morgan fingerprint density at radius 2 is 2.18 bits per heavy atom. The van der Waals surface area contributed by atoms with Gasteiger partial charge in [0, 0.05) is 55.4 Å². The van der Waals surface area contributed by atoms with E-state index in [2.05, 4.69) is 22.3 Å². The molecule has 1 aliphatic heterocycles. The molecule has 0 bridgehead atoms. The molecule has 1 aliphatic rings. The highest BCUT2D eigenvalue weighted by molar-refractivity contribution is 7.09. The number of carbonyl (C=O) groups is 1. The van der Waals surface area contributed by atoms with Crippen molar-refractivity contribution in [1.82, 2.24) is 25.0 Å². The first kappa shape index (κ1) is 15.2. The molecule has 0 aliphatic carbocycles. The summed E-state index contributed by atoms with van der Waals surface area (Å²) in [6, 6.07) is 0.135. The van der Waals surface area contributed by atoms with Gasteiger partial charge in [0.05, 0.1) is 17.2 Å². The molecule has 2 atom stereocenters. The second kappa shape index (κ2) is 5.81. The van der Waals surface area contributed by atoms with E-state index in [-0.39, 0.29) is 18.0 Å². The molecular weight excluding hydrogens is 298 g/mol. The zero-order valence-electron chi connectivity index (χ0n) is 13.3. The fourth-order valence-corrected chi connectivity index (χ4v) is 3.77. The Bertz CT molecular complexity index is 678. The lowest BCUT2D eigenvalue weighted by Gasteiger charge is -2.26. The van der Waals surface area contributed by atoms with Gasteiger partial charge >= 0.3 is 0 Å². The van der Waals surface area contributed by atoms with E-state index in [1.807, 2.05) is 42.3 Å². The lowest BCUT2D eigenvalue weighted by Crippen LogP contribution is -2.35. The normalized spacial score (nSPS) is 21.8. The van der Waals surface area contributed by atoms with Gasteiger partial charge in [-0.2, -0.15) is 5.10 Å². The third-order valence-corrected chi connectivity index (χ3v) is 5.25. The Hall–Kier alpha value is -1.73. The number of rotatable bonds is 4. The van der Waals surface area contributed by atoms with Gasteiger partial charge in [-0.15, -0.1) is 11.3 Å². The minimum Gasteiger partial charge on any atom is -0.337 e. The molecule has 0 spiro atoms. The zero-order chi connectivity index (χ0) is 15.9. The number of nitrogens with zero attached hydrogens (tertiary/aromatic N) is 4. The van der Waals surface area contributed by atoms with Crippen molar-refractivity contribution in [2.24, 2.45) is 7.05 Å². The van der Waals surface area contributed by atoms with Gasteiger partial charge < -0.3 is 10.2 Å². The summed E-state index contributed by atoms with van der Waals surface area (Å²) >= 11 is 1.63. The summed E-state index contributed by atoms with van der Waals surface area (Å²) in [5.41, 5.74) is 5.11. The van der Waals surface area contributed by atoms with Crippen LogP contribution in [0.1, 0.15) is 34.3 Å². The summed E-state index contributed by atoms with van der Waals surface area (Å²) in [4.78, 5) is 19.3. The lowest BCUT2D eigenvalue weighted by atomic mass is 9.98. The molecular formula is C15H21N5OS. The number of amides is 1. The molecule has 3 rings (SSSR count). The molecule has 1 amide bonds. The van der Waals surface area contributed by atoms with Gasteiger partial charge in [-0.3, -0.25) is 14.5 Å². The summed E-state index contributed by atoms with van der Waals surface area (Å²) in [5.74, 6) is 0.175. The third-order valence-electron chi connectivity index (χ3n) is 4.47. The Morgan fingerprint density at radius 3 is 2.77 bits per heavy atom. The molecule has 1 N–H and O–H groups in total. The first-order chi connectivity index (χ1) is 10.5. The van der Waals surface area contributed by atoms with Crippen molar-refractivity contribution in [1.29, 1.82) is 0 Å². The minimum atomic E-state index is 0.0362. The molecule has 7 heteroatoms. The Balaban J connectivity index is 1.86. The first-order valence-electron chi connectivity index (χ1n) is 7.35. The predicted octanol–water partition coefficient (Wildman–Crippen LogP) is 1.56. The van der Waals surface area contributed by atoms with Crippen LogP contribution in [0.15, 0.2) is 11.7 Å². The van der Waals surface area contributed by atoms with Gasteiger partial charge in [0.1, 0.15) is 0 Å². The molecule has 0 radical (unpaired) electrons. The fraction of sp³-hybridized carbons (Fsp3) is 0.533. The maximum absolute atomic E-state index is 12.2. The number of hydrogen-bond acceptors (Lipinski definition) is 5. The highest BCUT2D eigenvalue weighted by Crippen LogP contribution is 2.35. The smallest absolute Gasteiger partial charge is 0.224 e. The quantitative estimate of drug-likeness (QED) is 0.929. The number of likely N-dealkylation sites (N-methyl/N-ethyl adjacent to an activating group) is 1. The van der Waals surface area contributed by atoms with Crippen molar-refractivity contribution in [3.8, 4) is 0 Å². The van der Waals surface area contributed by atoms with Crippen LogP contribution in [-0.2, 0) is 18.4 Å². The summed E-state index contributed by atoms with van der Waals surface area (Å²) in [6.45, 7) is 4.82. The monoisotopic (exact) mass is 319 g/mol. The van der Waals surface area contributed by atoms with E-state index in [4.69, 9.17) is 0 Å². The molecule has 1 saturated heterocycles. The number of aromatic nitrogens is 3. The average molecular weight is 319 g/mol. The largest absolute Gasteiger partial charge is 0.337 e. The van der Waals surface area contributed by atoms with Crippen molar-refractivity contribution >= 4 is 17.2 Å². The maximum Gasteiger partial charge on any atom is 0.224 e. The van der Waals surface area contributed by atoms with Gasteiger partial charge in [0.15, 0.2) is 0 Å². The van der Waals surface area contributed by atoms with E-state index < -0.39 is 0 Å². The van der Waals surface area contributed by atoms with Crippen LogP contribution in [-0.4, -0.2) is 38.7 Å². The van der Waals surface area contributed by atoms with Gasteiger partial charge in [0.25, 0.3) is 0 Å². The second-order valence-electron chi connectivity index (χ2n) is 5.82. The van der Waals surface area contributed by atoms with Gasteiger partial charge in [-0.25, -0.2) is 0 Å². The Morgan fingerprint density at radius 1 is 1.41 bits per heavy atom. The zero-order valence-corrected chi connectivity index (χ0v) is 14.1. The Kier molecular flexibility index (Phi) is 4.01. The number of carbonyl (C=O) groups excluding carboxylic acids is 1. The first-order valence-corrected chi connectivity index (χ1v) is 8.23. The predicted molar refractivity (Wildman–Crippen MR) is 85.6 cm³/mol. The number of thiazole rings is 1. The van der Waals surface area contributed by atoms with Crippen molar-refractivity contribution in [3.05, 3.63) is 33.5 Å². The summed E-state index contributed by atoms with van der Waals surface area (Å²) in [6.07, 6.45) is 2.39.